The van der Waals surface area contributed by atoms with Crippen molar-refractivity contribution in [1.29, 1.82) is 0 Å². The molecule has 0 radical (unpaired) electrons. The first-order valence-electron chi connectivity index (χ1n) is 7.70. The van der Waals surface area contributed by atoms with Crippen LogP contribution in [0.5, 0.6) is 11.5 Å². The van der Waals surface area contributed by atoms with Gasteiger partial charge in [0.25, 0.3) is 0 Å². The van der Waals surface area contributed by atoms with Gasteiger partial charge in [-0.15, -0.1) is 0 Å². The predicted molar refractivity (Wildman–Crippen MR) is 95.4 cm³/mol. The van der Waals surface area contributed by atoms with Crippen LogP contribution in [0.15, 0.2) is 42.5 Å². The Morgan fingerprint density at radius 1 is 1.04 bits per heavy atom. The van der Waals surface area contributed by atoms with Crippen LogP contribution in [0.2, 0.25) is 0 Å². The largest absolute Gasteiger partial charge is 0.496 e. The predicted octanol–water partition coefficient (Wildman–Crippen LogP) is 3.54. The van der Waals surface area contributed by atoms with E-state index < -0.39 is 5.97 Å². The molecular weight excluding hydrogens is 320 g/mol. The van der Waals surface area contributed by atoms with Gasteiger partial charge in [-0.25, -0.2) is 0 Å². The maximum absolute atomic E-state index is 12.4. The fourth-order valence-corrected chi connectivity index (χ4v) is 2.51. The number of hydrogen-bond donors (Lipinski definition) is 1. The molecule has 0 aliphatic rings. The van der Waals surface area contributed by atoms with E-state index in [1.54, 1.807) is 31.4 Å². The topological polar surface area (TPSA) is 72.8 Å². The minimum atomic E-state index is -0.979. The molecule has 25 heavy (non-hydrogen) atoms. The third-order valence-electron chi connectivity index (χ3n) is 3.75. The van der Waals surface area contributed by atoms with Crippen molar-refractivity contribution >= 4 is 17.8 Å². The molecule has 0 spiro atoms. The summed E-state index contributed by atoms with van der Waals surface area (Å²) in [6.07, 6.45) is 2.98. The van der Waals surface area contributed by atoms with E-state index in [1.807, 2.05) is 25.1 Å². The molecule has 0 fully saturated rings. The van der Waals surface area contributed by atoms with Crippen LogP contribution in [0.25, 0.3) is 6.08 Å². The highest BCUT2D eigenvalue weighted by Gasteiger charge is 2.11. The van der Waals surface area contributed by atoms with Gasteiger partial charge < -0.3 is 14.6 Å². The fourth-order valence-electron chi connectivity index (χ4n) is 2.51. The Bertz CT molecular complexity index is 821. The molecule has 2 rings (SSSR count). The lowest BCUT2D eigenvalue weighted by Gasteiger charge is -2.08. The lowest BCUT2D eigenvalue weighted by Crippen LogP contribution is -2.04. The number of aliphatic carboxylic acids is 1. The van der Waals surface area contributed by atoms with E-state index >= 15 is 0 Å². The Kier molecular flexibility index (Phi) is 5.95. The zero-order chi connectivity index (χ0) is 18.4. The molecule has 0 aliphatic heterocycles. The van der Waals surface area contributed by atoms with E-state index in [1.165, 1.54) is 13.2 Å². The van der Waals surface area contributed by atoms with E-state index in [4.69, 9.17) is 14.6 Å². The average Bonchev–Trinajstić information content (AvgIpc) is 2.59. The Morgan fingerprint density at radius 2 is 1.72 bits per heavy atom. The molecule has 2 aromatic carbocycles. The maximum atomic E-state index is 12.4. The van der Waals surface area contributed by atoms with Gasteiger partial charge in [-0.2, -0.15) is 0 Å². The van der Waals surface area contributed by atoms with Gasteiger partial charge in [-0.05, 0) is 54.5 Å². The lowest BCUT2D eigenvalue weighted by molar-refractivity contribution is -0.136. The van der Waals surface area contributed by atoms with Crippen LogP contribution in [0, 0.1) is 6.92 Å². The van der Waals surface area contributed by atoms with Gasteiger partial charge in [0, 0.05) is 11.1 Å². The van der Waals surface area contributed by atoms with E-state index in [0.29, 0.717) is 16.9 Å². The second kappa shape index (κ2) is 8.15. The van der Waals surface area contributed by atoms with Gasteiger partial charge in [0.15, 0.2) is 5.78 Å². The number of rotatable bonds is 7. The summed E-state index contributed by atoms with van der Waals surface area (Å²) in [5.74, 6) is 0.0561. The number of carbonyl (C=O) groups is 2. The normalized spacial score (nSPS) is 10.7. The number of allylic oxidation sites excluding steroid dienone is 1. The monoisotopic (exact) mass is 340 g/mol. The minimum absolute atomic E-state index is 0.203. The number of carboxylic acid groups (broad SMARTS) is 1. The van der Waals surface area contributed by atoms with E-state index in [2.05, 4.69) is 0 Å². The zero-order valence-electron chi connectivity index (χ0n) is 14.4. The first-order valence-corrected chi connectivity index (χ1v) is 7.70. The van der Waals surface area contributed by atoms with Crippen LogP contribution in [-0.4, -0.2) is 31.1 Å². The summed E-state index contributed by atoms with van der Waals surface area (Å²) in [5.41, 5.74) is 2.74. The number of ether oxygens (including phenoxy) is 2. The molecule has 130 valence electrons. The number of benzene rings is 2. The number of hydrogen-bond acceptors (Lipinski definition) is 4. The molecule has 0 heterocycles. The van der Waals surface area contributed by atoms with Gasteiger partial charge >= 0.3 is 5.97 Å². The van der Waals surface area contributed by atoms with Crippen molar-refractivity contribution in [1.82, 2.24) is 0 Å². The van der Waals surface area contributed by atoms with E-state index in [-0.39, 0.29) is 12.2 Å². The van der Waals surface area contributed by atoms with Crippen LogP contribution in [0.3, 0.4) is 0 Å². The second-order valence-electron chi connectivity index (χ2n) is 5.52. The van der Waals surface area contributed by atoms with Crippen molar-refractivity contribution < 1.29 is 24.2 Å². The third-order valence-corrected chi connectivity index (χ3v) is 3.75. The highest BCUT2D eigenvalue weighted by molar-refractivity contribution is 6.07. The van der Waals surface area contributed by atoms with Gasteiger partial charge in [-0.1, -0.05) is 12.1 Å². The van der Waals surface area contributed by atoms with Crippen molar-refractivity contribution in [2.75, 3.05) is 14.2 Å². The van der Waals surface area contributed by atoms with Crippen LogP contribution in [0.1, 0.15) is 27.0 Å². The summed E-state index contributed by atoms with van der Waals surface area (Å²) in [6.45, 7) is 1.93. The Labute approximate surface area is 146 Å². The van der Waals surface area contributed by atoms with Crippen LogP contribution < -0.4 is 9.47 Å². The molecule has 0 aromatic heterocycles. The average molecular weight is 340 g/mol. The summed E-state index contributed by atoms with van der Waals surface area (Å²) >= 11 is 0. The first kappa shape index (κ1) is 18.3. The Morgan fingerprint density at radius 3 is 2.32 bits per heavy atom. The van der Waals surface area contributed by atoms with Crippen molar-refractivity contribution in [3.8, 4) is 11.5 Å². The van der Waals surface area contributed by atoms with Gasteiger partial charge in [0.1, 0.15) is 11.5 Å². The molecule has 5 nitrogen and oxygen atoms in total. The number of ketones is 1. The smallest absolute Gasteiger partial charge is 0.307 e. The van der Waals surface area contributed by atoms with Crippen molar-refractivity contribution in [2.45, 2.75) is 13.3 Å². The lowest BCUT2D eigenvalue weighted by atomic mass is 10.0. The Hall–Kier alpha value is -3.08. The second-order valence-corrected chi connectivity index (χ2v) is 5.52. The Balaban J connectivity index is 2.22. The summed E-state index contributed by atoms with van der Waals surface area (Å²) in [4.78, 5) is 23.3. The van der Waals surface area contributed by atoms with Gasteiger partial charge in [0.05, 0.1) is 20.6 Å². The summed E-state index contributed by atoms with van der Waals surface area (Å²) < 4.78 is 10.4. The molecule has 2 aromatic rings. The summed E-state index contributed by atoms with van der Waals surface area (Å²) in [6, 6.07) is 10.4. The molecule has 0 saturated carbocycles. The zero-order valence-corrected chi connectivity index (χ0v) is 14.4. The molecule has 0 saturated heterocycles. The van der Waals surface area contributed by atoms with E-state index in [0.717, 1.165) is 16.9 Å². The van der Waals surface area contributed by atoms with Crippen molar-refractivity contribution in [2.24, 2.45) is 0 Å². The van der Waals surface area contributed by atoms with Crippen molar-refractivity contribution in [3.05, 3.63) is 64.7 Å². The van der Waals surface area contributed by atoms with Gasteiger partial charge in [-0.3, -0.25) is 9.59 Å². The van der Waals surface area contributed by atoms with Crippen LogP contribution in [0.4, 0.5) is 0 Å². The minimum Gasteiger partial charge on any atom is -0.496 e. The standard InChI is InChI=1S/C20H20O5/c1-13-10-14(5-8-18(13)24-2)4-7-17(21)15-6-9-19(25-3)16(11-15)12-20(22)23/h4-11H,12H2,1-3H3,(H,22,23)/b7-4+. The quantitative estimate of drug-likeness (QED) is 0.616. The number of carbonyl (C=O) groups excluding carboxylic acids is 1. The summed E-state index contributed by atoms with van der Waals surface area (Å²) in [5, 5.41) is 8.97. The van der Waals surface area contributed by atoms with E-state index in [9.17, 15) is 9.59 Å². The first-order chi connectivity index (χ1) is 11.9. The molecule has 5 heteroatoms. The molecule has 0 amide bonds. The highest BCUT2D eigenvalue weighted by atomic mass is 16.5. The third kappa shape index (κ3) is 4.70. The number of aryl methyl sites for hydroxylation is 1. The number of methoxy groups -OCH3 is 2. The molecule has 1 N–H and O–H groups in total. The van der Waals surface area contributed by atoms with Gasteiger partial charge in [0.2, 0.25) is 0 Å². The highest BCUT2D eigenvalue weighted by Crippen LogP contribution is 2.22. The van der Waals surface area contributed by atoms with Crippen LogP contribution in [-0.2, 0) is 11.2 Å². The van der Waals surface area contributed by atoms with Crippen molar-refractivity contribution in [3.63, 3.8) is 0 Å². The molecule has 0 atom stereocenters. The van der Waals surface area contributed by atoms with Crippen LogP contribution >= 0.6 is 0 Å². The fraction of sp³-hybridized carbons (Fsp3) is 0.200. The number of carboxylic acids is 1. The molecule has 0 bridgehead atoms. The SMILES string of the molecule is COc1ccc(/C=C/C(=O)c2ccc(OC)c(CC(=O)O)c2)cc1C. The molecule has 0 unspecified atom stereocenters. The molecule has 0 aliphatic carbocycles. The summed E-state index contributed by atoms with van der Waals surface area (Å²) in [7, 11) is 3.08. The maximum Gasteiger partial charge on any atom is 0.307 e. The molecular formula is C20H20O5.